The minimum Gasteiger partial charge on any atom is -0.320 e. The topological polar surface area (TPSA) is 26.0 Å². The summed E-state index contributed by atoms with van der Waals surface area (Å²) in [7, 11) is 0. The second kappa shape index (κ2) is 4.70. The fourth-order valence-electron chi connectivity index (χ4n) is 1.64. The molecule has 0 amide bonds. The van der Waals surface area contributed by atoms with Gasteiger partial charge < -0.3 is 5.73 Å². The van der Waals surface area contributed by atoms with Crippen LogP contribution in [0.15, 0.2) is 34.1 Å². The smallest absolute Gasteiger partial charge is 0.0657 e. The first kappa shape index (κ1) is 11.8. The number of hydrogen-bond donors (Lipinski definition) is 1. The Hall–Kier alpha value is -0.640. The lowest BCUT2D eigenvalue weighted by Gasteiger charge is -2.12. The van der Waals surface area contributed by atoms with Crippen LogP contribution in [0, 0.1) is 13.8 Å². The van der Waals surface area contributed by atoms with Gasteiger partial charge in [-0.3, -0.25) is 0 Å². The van der Waals surface area contributed by atoms with E-state index in [1.807, 2.05) is 6.07 Å². The first-order valence-corrected chi connectivity index (χ1v) is 6.82. The van der Waals surface area contributed by atoms with Crippen LogP contribution >= 0.6 is 27.3 Å². The molecular weight excluding hydrogens is 282 g/mol. The summed E-state index contributed by atoms with van der Waals surface area (Å²) in [5.41, 5.74) is 10.0. The Kier molecular flexibility index (Phi) is 3.47. The summed E-state index contributed by atoms with van der Waals surface area (Å²) in [5.74, 6) is 0. The van der Waals surface area contributed by atoms with Crippen molar-refractivity contribution in [2.45, 2.75) is 19.9 Å². The van der Waals surface area contributed by atoms with Gasteiger partial charge in [-0.15, -0.1) is 11.3 Å². The molecule has 1 heterocycles. The van der Waals surface area contributed by atoms with Gasteiger partial charge in [0.2, 0.25) is 0 Å². The molecule has 0 radical (unpaired) electrons. The van der Waals surface area contributed by atoms with E-state index < -0.39 is 0 Å². The normalized spacial score (nSPS) is 12.8. The molecule has 0 spiro atoms. The van der Waals surface area contributed by atoms with E-state index in [9.17, 15) is 0 Å². The van der Waals surface area contributed by atoms with Gasteiger partial charge in [0.05, 0.1) is 6.04 Å². The van der Waals surface area contributed by atoms with Gasteiger partial charge in [0.1, 0.15) is 0 Å². The van der Waals surface area contributed by atoms with Crippen LogP contribution in [0.25, 0.3) is 0 Å². The van der Waals surface area contributed by atoms with Gasteiger partial charge in [-0.05, 0) is 57.9 Å². The van der Waals surface area contributed by atoms with Crippen molar-refractivity contribution in [1.29, 1.82) is 0 Å². The number of thiophene rings is 1. The van der Waals surface area contributed by atoms with Gasteiger partial charge in [-0.25, -0.2) is 0 Å². The molecule has 16 heavy (non-hydrogen) atoms. The summed E-state index contributed by atoms with van der Waals surface area (Å²) < 4.78 is 1.10. The second-order valence-electron chi connectivity index (χ2n) is 3.95. The molecule has 1 aromatic carbocycles. The number of aryl methyl sites for hydroxylation is 2. The second-order valence-corrected chi connectivity index (χ2v) is 5.76. The van der Waals surface area contributed by atoms with Crippen molar-refractivity contribution in [3.05, 3.63) is 55.7 Å². The van der Waals surface area contributed by atoms with Gasteiger partial charge in [0.15, 0.2) is 0 Å². The lowest BCUT2D eigenvalue weighted by atomic mass is 10.0. The van der Waals surface area contributed by atoms with Gasteiger partial charge in [-0.2, -0.15) is 0 Å². The van der Waals surface area contributed by atoms with Crippen LogP contribution in [0.2, 0.25) is 0 Å². The fourth-order valence-corrected chi connectivity index (χ4v) is 3.28. The SMILES string of the molecule is Cc1ccc(C(N)c2sccc2Br)cc1C. The van der Waals surface area contributed by atoms with Crippen molar-refractivity contribution in [1.82, 2.24) is 0 Å². The van der Waals surface area contributed by atoms with Crippen molar-refractivity contribution in [2.24, 2.45) is 5.73 Å². The summed E-state index contributed by atoms with van der Waals surface area (Å²) in [6.07, 6.45) is 0. The third-order valence-corrected chi connectivity index (χ3v) is 4.77. The monoisotopic (exact) mass is 295 g/mol. The molecular formula is C13H14BrNS. The van der Waals surface area contributed by atoms with E-state index >= 15 is 0 Å². The van der Waals surface area contributed by atoms with E-state index in [0.29, 0.717) is 0 Å². The lowest BCUT2D eigenvalue weighted by molar-refractivity contribution is 0.886. The third kappa shape index (κ3) is 2.21. The highest BCUT2D eigenvalue weighted by Crippen LogP contribution is 2.32. The summed E-state index contributed by atoms with van der Waals surface area (Å²) in [5, 5.41) is 2.06. The molecule has 0 aliphatic heterocycles. The molecule has 2 N–H and O–H groups in total. The van der Waals surface area contributed by atoms with Crippen LogP contribution in [-0.4, -0.2) is 0 Å². The van der Waals surface area contributed by atoms with E-state index in [1.165, 1.54) is 21.6 Å². The van der Waals surface area contributed by atoms with Gasteiger partial charge >= 0.3 is 0 Å². The molecule has 0 aliphatic carbocycles. The Morgan fingerprint density at radius 3 is 2.50 bits per heavy atom. The fraction of sp³-hybridized carbons (Fsp3) is 0.231. The zero-order valence-electron chi connectivity index (χ0n) is 9.33. The molecule has 0 fully saturated rings. The molecule has 1 unspecified atom stereocenters. The van der Waals surface area contributed by atoms with Gasteiger partial charge in [0, 0.05) is 9.35 Å². The highest BCUT2D eigenvalue weighted by molar-refractivity contribution is 9.10. The minimum atomic E-state index is -0.0336. The Bertz CT molecular complexity index is 504. The van der Waals surface area contributed by atoms with Crippen LogP contribution in [0.1, 0.15) is 27.6 Å². The number of rotatable bonds is 2. The third-order valence-electron chi connectivity index (χ3n) is 2.82. The Balaban J connectivity index is 2.38. The number of hydrogen-bond acceptors (Lipinski definition) is 2. The predicted molar refractivity (Wildman–Crippen MR) is 74.0 cm³/mol. The molecule has 3 heteroatoms. The molecule has 0 saturated heterocycles. The molecule has 1 nitrogen and oxygen atoms in total. The van der Waals surface area contributed by atoms with Crippen LogP contribution in [0.3, 0.4) is 0 Å². The summed E-state index contributed by atoms with van der Waals surface area (Å²) in [6.45, 7) is 4.24. The maximum absolute atomic E-state index is 6.26. The van der Waals surface area contributed by atoms with Crippen LogP contribution in [0.5, 0.6) is 0 Å². The number of nitrogens with two attached hydrogens (primary N) is 1. The first-order valence-electron chi connectivity index (χ1n) is 5.15. The quantitative estimate of drug-likeness (QED) is 0.884. The maximum atomic E-state index is 6.26. The molecule has 2 rings (SSSR count). The average molecular weight is 296 g/mol. The van der Waals surface area contributed by atoms with E-state index in [-0.39, 0.29) is 6.04 Å². The molecule has 2 aromatic rings. The molecule has 0 aliphatic rings. The van der Waals surface area contributed by atoms with Gasteiger partial charge in [0.25, 0.3) is 0 Å². The predicted octanol–water partition coefficient (Wildman–Crippen LogP) is 4.18. The molecule has 1 aromatic heterocycles. The molecule has 0 bridgehead atoms. The Labute approximate surface area is 108 Å². The van der Waals surface area contributed by atoms with E-state index in [4.69, 9.17) is 5.73 Å². The largest absolute Gasteiger partial charge is 0.320 e. The zero-order chi connectivity index (χ0) is 11.7. The first-order chi connectivity index (χ1) is 7.59. The number of benzene rings is 1. The highest BCUT2D eigenvalue weighted by Gasteiger charge is 2.13. The van der Waals surface area contributed by atoms with Crippen molar-refractivity contribution in [2.75, 3.05) is 0 Å². The highest BCUT2D eigenvalue weighted by atomic mass is 79.9. The molecule has 0 saturated carbocycles. The Morgan fingerprint density at radius 1 is 1.19 bits per heavy atom. The maximum Gasteiger partial charge on any atom is 0.0657 e. The minimum absolute atomic E-state index is 0.0336. The van der Waals surface area contributed by atoms with Crippen molar-refractivity contribution in [3.63, 3.8) is 0 Å². The average Bonchev–Trinajstić information content (AvgIpc) is 2.67. The van der Waals surface area contributed by atoms with E-state index in [1.54, 1.807) is 11.3 Å². The summed E-state index contributed by atoms with van der Waals surface area (Å²) >= 11 is 5.22. The molecule has 84 valence electrons. The molecule has 1 atom stereocenters. The lowest BCUT2D eigenvalue weighted by Crippen LogP contribution is -2.11. The van der Waals surface area contributed by atoms with Crippen molar-refractivity contribution in [3.8, 4) is 0 Å². The van der Waals surface area contributed by atoms with E-state index in [2.05, 4.69) is 53.4 Å². The van der Waals surface area contributed by atoms with Crippen molar-refractivity contribution >= 4 is 27.3 Å². The van der Waals surface area contributed by atoms with Crippen molar-refractivity contribution < 1.29 is 0 Å². The Morgan fingerprint density at radius 2 is 1.94 bits per heavy atom. The van der Waals surface area contributed by atoms with Crippen LogP contribution < -0.4 is 5.73 Å². The standard InChI is InChI=1S/C13H14BrNS/c1-8-3-4-10(7-9(8)2)12(15)13-11(14)5-6-16-13/h3-7,12H,15H2,1-2H3. The van der Waals surface area contributed by atoms with Gasteiger partial charge in [-0.1, -0.05) is 18.2 Å². The number of halogens is 1. The van der Waals surface area contributed by atoms with Crippen LogP contribution in [0.4, 0.5) is 0 Å². The summed E-state index contributed by atoms with van der Waals surface area (Å²) in [4.78, 5) is 1.18. The summed E-state index contributed by atoms with van der Waals surface area (Å²) in [6, 6.07) is 8.42. The zero-order valence-corrected chi connectivity index (χ0v) is 11.7. The van der Waals surface area contributed by atoms with E-state index in [0.717, 1.165) is 4.47 Å². The van der Waals surface area contributed by atoms with Crippen LogP contribution in [-0.2, 0) is 0 Å².